The fourth-order valence-corrected chi connectivity index (χ4v) is 5.41. The van der Waals surface area contributed by atoms with Gasteiger partial charge in [0.1, 0.15) is 11.5 Å². The van der Waals surface area contributed by atoms with Gasteiger partial charge < -0.3 is 20.3 Å². The number of fused-ring (bicyclic) bond motifs is 1. The Morgan fingerprint density at radius 2 is 1.93 bits per heavy atom. The summed E-state index contributed by atoms with van der Waals surface area (Å²) in [6.45, 7) is 6.02. The second-order valence-electron chi connectivity index (χ2n) is 9.95. The summed E-state index contributed by atoms with van der Waals surface area (Å²) in [5.41, 5.74) is 3.95. The van der Waals surface area contributed by atoms with Crippen molar-refractivity contribution in [2.45, 2.75) is 20.3 Å². The molecule has 0 spiro atoms. The number of benzene rings is 2. The van der Waals surface area contributed by atoms with Crippen LogP contribution in [0.4, 0.5) is 15.8 Å². The molecule has 0 atom stereocenters. The predicted octanol–water partition coefficient (Wildman–Crippen LogP) is 6.00. The molecule has 0 saturated carbocycles. The average molecular weight is 574 g/mol. The summed E-state index contributed by atoms with van der Waals surface area (Å²) >= 11 is 1.35. The number of rotatable bonds is 7. The molecule has 212 valence electrons. The number of ether oxygens (including phenoxy) is 1. The number of nitrogens with zero attached hydrogens (tertiary/aromatic N) is 3. The summed E-state index contributed by atoms with van der Waals surface area (Å²) in [6.07, 6.45) is 2.80. The van der Waals surface area contributed by atoms with Crippen molar-refractivity contribution in [1.29, 1.82) is 0 Å². The van der Waals surface area contributed by atoms with Crippen LogP contribution in [0.25, 0.3) is 21.3 Å². The Kier molecular flexibility index (Phi) is 8.32. The fraction of sp³-hybridized carbons (Fsp3) is 0.258. The fourth-order valence-electron chi connectivity index (χ4n) is 4.45. The van der Waals surface area contributed by atoms with Crippen molar-refractivity contribution in [3.05, 3.63) is 98.7 Å². The van der Waals surface area contributed by atoms with Crippen LogP contribution in [-0.4, -0.2) is 47.4 Å². The van der Waals surface area contributed by atoms with Gasteiger partial charge in [-0.1, -0.05) is 30.7 Å². The van der Waals surface area contributed by atoms with E-state index >= 15 is 0 Å². The van der Waals surface area contributed by atoms with Gasteiger partial charge in [0.2, 0.25) is 0 Å². The van der Waals surface area contributed by atoms with Crippen LogP contribution in [0.2, 0.25) is 0 Å². The van der Waals surface area contributed by atoms with E-state index in [4.69, 9.17) is 4.74 Å². The number of nitrogens with one attached hydrogen (secondary N) is 2. The normalized spacial score (nSPS) is 15.2. The summed E-state index contributed by atoms with van der Waals surface area (Å²) in [5.74, 6) is -0.965. The van der Waals surface area contributed by atoms with Crippen LogP contribution in [0.3, 0.4) is 0 Å². The molecule has 1 fully saturated rings. The van der Waals surface area contributed by atoms with Gasteiger partial charge in [-0.3, -0.25) is 9.59 Å². The van der Waals surface area contributed by atoms with Crippen LogP contribution in [0.5, 0.6) is 0 Å². The zero-order valence-corrected chi connectivity index (χ0v) is 24.3. The molecule has 1 amide bonds. The van der Waals surface area contributed by atoms with E-state index in [1.807, 2.05) is 44.3 Å². The largest absolute Gasteiger partial charge is 0.374 e. The molecule has 2 aromatic carbocycles. The molecular weight excluding hydrogens is 541 g/mol. The molecule has 41 heavy (non-hydrogen) atoms. The van der Waals surface area contributed by atoms with Crippen molar-refractivity contribution >= 4 is 38.7 Å². The Hall–Kier alpha value is -4.28. The van der Waals surface area contributed by atoms with Gasteiger partial charge in [0, 0.05) is 42.3 Å². The van der Waals surface area contributed by atoms with Gasteiger partial charge in [0.15, 0.2) is 0 Å². The highest BCUT2D eigenvalue weighted by Crippen LogP contribution is 2.29. The average Bonchev–Trinajstić information content (AvgIpc) is 3.41. The summed E-state index contributed by atoms with van der Waals surface area (Å²) in [4.78, 5) is 28.7. The number of carbonyl (C=O) groups is 1. The Bertz CT molecular complexity index is 1710. The second kappa shape index (κ2) is 12.1. The molecule has 10 heteroatoms. The Labute approximate surface area is 241 Å². The van der Waals surface area contributed by atoms with Gasteiger partial charge in [0.25, 0.3) is 11.5 Å². The van der Waals surface area contributed by atoms with E-state index < -0.39 is 11.7 Å². The SMILES string of the molecule is CCC(C)=C(/C=C1/COCCN1C)Nc1cc(-c2ccc(F)c(NC(=O)c3cc4ccccc4s3)c2)nn(C)c1=O. The first-order chi connectivity index (χ1) is 19.7. The minimum Gasteiger partial charge on any atom is -0.374 e. The minimum absolute atomic E-state index is 0.0302. The van der Waals surface area contributed by atoms with E-state index in [0.717, 1.165) is 40.0 Å². The van der Waals surface area contributed by atoms with Crippen LogP contribution in [0.1, 0.15) is 29.9 Å². The quantitative estimate of drug-likeness (QED) is 0.282. The molecule has 2 aromatic heterocycles. The first kappa shape index (κ1) is 28.3. The van der Waals surface area contributed by atoms with E-state index in [2.05, 4.69) is 27.6 Å². The number of likely N-dealkylation sites (N-methyl/N-ethyl adjacent to an activating group) is 1. The number of aryl methyl sites for hydroxylation is 1. The summed E-state index contributed by atoms with van der Waals surface area (Å²) in [6, 6.07) is 15.5. The number of morpholine rings is 1. The van der Waals surface area contributed by atoms with Gasteiger partial charge in [-0.05, 0) is 61.2 Å². The Balaban J connectivity index is 1.45. The lowest BCUT2D eigenvalue weighted by Crippen LogP contribution is -2.31. The zero-order valence-electron chi connectivity index (χ0n) is 23.5. The van der Waals surface area contributed by atoms with Crippen molar-refractivity contribution in [2.75, 3.05) is 37.4 Å². The van der Waals surface area contributed by atoms with Crippen molar-refractivity contribution in [3.63, 3.8) is 0 Å². The summed E-state index contributed by atoms with van der Waals surface area (Å²) < 4.78 is 22.7. The van der Waals surface area contributed by atoms with E-state index in [1.165, 1.54) is 28.2 Å². The van der Waals surface area contributed by atoms with Gasteiger partial charge in [-0.25, -0.2) is 9.07 Å². The zero-order chi connectivity index (χ0) is 29.1. The number of thiophene rings is 1. The van der Waals surface area contributed by atoms with Crippen LogP contribution in [0, 0.1) is 5.82 Å². The third-order valence-electron chi connectivity index (χ3n) is 7.10. The molecule has 3 heterocycles. The second-order valence-corrected chi connectivity index (χ2v) is 11.0. The third-order valence-corrected chi connectivity index (χ3v) is 8.22. The first-order valence-electron chi connectivity index (χ1n) is 13.4. The van der Waals surface area contributed by atoms with Gasteiger partial charge in [0.05, 0.1) is 29.5 Å². The monoisotopic (exact) mass is 573 g/mol. The molecule has 5 rings (SSSR count). The van der Waals surface area contributed by atoms with Crippen LogP contribution in [0.15, 0.2) is 82.4 Å². The maximum atomic E-state index is 14.8. The van der Waals surface area contributed by atoms with Crippen LogP contribution >= 0.6 is 11.3 Å². The lowest BCUT2D eigenvalue weighted by molar-refractivity contribution is 0.0842. The Morgan fingerprint density at radius 3 is 2.68 bits per heavy atom. The maximum Gasteiger partial charge on any atom is 0.290 e. The highest BCUT2D eigenvalue weighted by molar-refractivity contribution is 7.20. The molecule has 0 radical (unpaired) electrons. The summed E-state index contributed by atoms with van der Waals surface area (Å²) in [5, 5.41) is 11.4. The highest BCUT2D eigenvalue weighted by Gasteiger charge is 2.17. The number of hydrogen-bond acceptors (Lipinski definition) is 7. The molecule has 0 unspecified atom stereocenters. The number of halogens is 1. The lowest BCUT2D eigenvalue weighted by atomic mass is 10.1. The van der Waals surface area contributed by atoms with Gasteiger partial charge >= 0.3 is 0 Å². The standard InChI is InChI=1S/C31H32FN5O3S/c1-5-19(2)24(16-22-18-40-13-12-36(22)3)33-27-17-25(35-37(4)31(27)39)20-10-11-23(32)26(14-20)34-30(38)29-15-21-8-6-7-9-28(21)41-29/h6-11,14-17,33H,5,12-13,18H2,1-4H3,(H,34,38)/b22-16-,24-19?. The number of anilines is 2. The molecule has 1 saturated heterocycles. The smallest absolute Gasteiger partial charge is 0.290 e. The molecule has 0 aliphatic carbocycles. The van der Waals surface area contributed by atoms with Crippen molar-refractivity contribution < 1.29 is 13.9 Å². The molecule has 8 nitrogen and oxygen atoms in total. The number of carbonyl (C=O) groups excluding carboxylic acids is 1. The molecule has 0 bridgehead atoms. The molecular formula is C31H32FN5O3S. The topological polar surface area (TPSA) is 88.5 Å². The van der Waals surface area contributed by atoms with E-state index in [-0.39, 0.29) is 11.2 Å². The molecule has 4 aromatic rings. The van der Waals surface area contributed by atoms with E-state index in [1.54, 1.807) is 25.2 Å². The Morgan fingerprint density at radius 1 is 1.12 bits per heavy atom. The van der Waals surface area contributed by atoms with Crippen molar-refractivity contribution in [2.24, 2.45) is 7.05 Å². The lowest BCUT2D eigenvalue weighted by Gasteiger charge is -2.28. The maximum absolute atomic E-state index is 14.8. The molecule has 1 aliphatic heterocycles. The number of amides is 1. The molecule has 1 aliphatic rings. The number of aromatic nitrogens is 2. The van der Waals surface area contributed by atoms with Crippen LogP contribution < -0.4 is 16.2 Å². The van der Waals surface area contributed by atoms with Gasteiger partial charge in [-0.15, -0.1) is 11.3 Å². The van der Waals surface area contributed by atoms with Crippen molar-refractivity contribution in [3.8, 4) is 11.3 Å². The van der Waals surface area contributed by atoms with E-state index in [0.29, 0.717) is 35.0 Å². The van der Waals surface area contributed by atoms with Crippen LogP contribution in [-0.2, 0) is 11.8 Å². The third kappa shape index (κ3) is 6.23. The molecule has 2 N–H and O–H groups in total. The number of hydrogen-bond donors (Lipinski definition) is 2. The predicted molar refractivity (Wildman–Crippen MR) is 163 cm³/mol. The van der Waals surface area contributed by atoms with Gasteiger partial charge in [-0.2, -0.15) is 5.10 Å². The van der Waals surface area contributed by atoms with Crippen molar-refractivity contribution in [1.82, 2.24) is 14.7 Å². The summed E-state index contributed by atoms with van der Waals surface area (Å²) in [7, 11) is 3.59. The first-order valence-corrected chi connectivity index (χ1v) is 14.2. The number of allylic oxidation sites excluding steroid dienone is 2. The highest BCUT2D eigenvalue weighted by atomic mass is 32.1. The van der Waals surface area contributed by atoms with E-state index in [9.17, 15) is 14.0 Å². The minimum atomic E-state index is -0.569.